The van der Waals surface area contributed by atoms with Gasteiger partial charge in [-0.3, -0.25) is 4.79 Å². The number of carbonyl (C=O) groups excluding carboxylic acids is 1. The lowest BCUT2D eigenvalue weighted by molar-refractivity contribution is -0.848. The van der Waals surface area contributed by atoms with Gasteiger partial charge in [0, 0.05) is 10.9 Å². The highest BCUT2D eigenvalue weighted by atomic mass is 79.9. The molecular formula is C17H25BrN3O7S2+. The first kappa shape index (κ1) is 23.6. The third kappa shape index (κ3) is 4.56. The number of hydrogen-bond acceptors (Lipinski definition) is 7. The summed E-state index contributed by atoms with van der Waals surface area (Å²) in [5.41, 5.74) is 2.47. The van der Waals surface area contributed by atoms with Gasteiger partial charge in [0.2, 0.25) is 10.0 Å². The molecule has 2 N–H and O–H groups in total. The average Bonchev–Trinajstić information content (AvgIpc) is 2.68. The van der Waals surface area contributed by atoms with Gasteiger partial charge in [0.1, 0.15) is 18.0 Å². The van der Waals surface area contributed by atoms with Crippen molar-refractivity contribution in [1.29, 1.82) is 0 Å². The van der Waals surface area contributed by atoms with Crippen molar-refractivity contribution in [2.45, 2.75) is 29.9 Å². The standard InChI is InChI=1S/C17H24BrN3O7S2/c1-29(24,25)20-9-11-21(12-10-20,19-16(22)17(23)8-2-3-13-28-17)30(26,27)15-6-4-14(18)5-7-15/h4-7,23H,2-3,8-13H2,1H3/p+1/t17-/m1/s1. The van der Waals surface area contributed by atoms with Crippen LogP contribution in [0, 0.1) is 0 Å². The Hall–Kier alpha value is -1.09. The Bertz CT molecular complexity index is 998. The number of aliphatic hydroxyl groups is 1. The number of quaternary nitrogens is 1. The van der Waals surface area contributed by atoms with Gasteiger partial charge in [0.15, 0.2) is 0 Å². The number of piperazine rings is 1. The molecule has 0 bridgehead atoms. The molecule has 1 aromatic carbocycles. The van der Waals surface area contributed by atoms with Crippen LogP contribution in [0.3, 0.4) is 0 Å². The Morgan fingerprint density at radius 2 is 1.77 bits per heavy atom. The van der Waals surface area contributed by atoms with Gasteiger partial charge in [-0.2, -0.15) is 18.1 Å². The first-order valence-electron chi connectivity index (χ1n) is 9.42. The van der Waals surface area contributed by atoms with E-state index in [-0.39, 0.29) is 44.1 Å². The minimum absolute atomic E-state index is 0.0321. The summed E-state index contributed by atoms with van der Waals surface area (Å²) >= 11 is 3.26. The minimum atomic E-state index is -4.17. The van der Waals surface area contributed by atoms with E-state index < -0.39 is 35.7 Å². The number of nitrogens with one attached hydrogen (secondary N) is 1. The normalized spacial score (nSPS) is 25.6. The number of rotatable bonds is 5. The summed E-state index contributed by atoms with van der Waals surface area (Å²) in [5, 5.41) is 10.6. The molecule has 30 heavy (non-hydrogen) atoms. The van der Waals surface area contributed by atoms with E-state index in [9.17, 15) is 26.7 Å². The van der Waals surface area contributed by atoms with E-state index in [4.69, 9.17) is 4.74 Å². The molecule has 0 unspecified atom stereocenters. The lowest BCUT2D eigenvalue weighted by Gasteiger charge is -2.42. The highest BCUT2D eigenvalue weighted by Gasteiger charge is 2.52. The van der Waals surface area contributed by atoms with Gasteiger partial charge in [-0.25, -0.2) is 8.42 Å². The second-order valence-electron chi connectivity index (χ2n) is 7.46. The lowest BCUT2D eigenvalue weighted by Crippen LogP contribution is -2.72. The van der Waals surface area contributed by atoms with Crippen molar-refractivity contribution in [3.8, 4) is 0 Å². The molecular weight excluding hydrogens is 502 g/mol. The van der Waals surface area contributed by atoms with Crippen LogP contribution in [0.5, 0.6) is 0 Å². The number of sulfonamides is 2. The largest absolute Gasteiger partial charge is 0.358 e. The molecule has 1 atom stereocenters. The van der Waals surface area contributed by atoms with Crippen molar-refractivity contribution in [2.24, 2.45) is 0 Å². The number of halogens is 1. The van der Waals surface area contributed by atoms with Crippen molar-refractivity contribution in [3.63, 3.8) is 0 Å². The molecule has 2 saturated heterocycles. The summed E-state index contributed by atoms with van der Waals surface area (Å²) in [6.07, 6.45) is 2.35. The smallest absolute Gasteiger partial charge is 0.349 e. The summed E-state index contributed by atoms with van der Waals surface area (Å²) < 4.78 is 57.1. The van der Waals surface area contributed by atoms with Gasteiger partial charge >= 0.3 is 15.9 Å². The minimum Gasteiger partial charge on any atom is -0.358 e. The number of benzene rings is 1. The first-order chi connectivity index (χ1) is 13.9. The first-order valence-corrected chi connectivity index (χ1v) is 13.5. The molecule has 10 nitrogen and oxygen atoms in total. The maximum Gasteiger partial charge on any atom is 0.349 e. The van der Waals surface area contributed by atoms with Crippen LogP contribution in [0.25, 0.3) is 0 Å². The molecule has 13 heteroatoms. The predicted molar refractivity (Wildman–Crippen MR) is 111 cm³/mol. The molecule has 2 aliphatic heterocycles. The fourth-order valence-corrected chi connectivity index (χ4v) is 6.37. The molecule has 2 fully saturated rings. The predicted octanol–water partition coefficient (Wildman–Crippen LogP) is 0.150. The van der Waals surface area contributed by atoms with Crippen LogP contribution < -0.4 is 5.43 Å². The van der Waals surface area contributed by atoms with Crippen LogP contribution in [-0.4, -0.2) is 81.0 Å². The molecule has 1 aromatic rings. The summed E-state index contributed by atoms with van der Waals surface area (Å²) in [6.45, 7) is -0.450. The van der Waals surface area contributed by atoms with Gasteiger partial charge in [-0.1, -0.05) is 15.9 Å². The van der Waals surface area contributed by atoms with E-state index >= 15 is 0 Å². The molecule has 0 aliphatic carbocycles. The Morgan fingerprint density at radius 1 is 1.17 bits per heavy atom. The second kappa shape index (κ2) is 8.45. The zero-order valence-electron chi connectivity index (χ0n) is 16.5. The Balaban J connectivity index is 1.97. The maximum absolute atomic E-state index is 13.6. The average molecular weight is 527 g/mol. The SMILES string of the molecule is CS(=O)(=O)N1CC[N+](NC(=O)[C@@]2(O)CCCCO2)(S(=O)(=O)c2ccc(Br)cc2)CC1. The van der Waals surface area contributed by atoms with Gasteiger partial charge in [0.05, 0.1) is 26.0 Å². The highest BCUT2D eigenvalue weighted by molar-refractivity contribution is 9.10. The van der Waals surface area contributed by atoms with Gasteiger partial charge < -0.3 is 9.84 Å². The fourth-order valence-electron chi connectivity index (χ4n) is 3.55. The molecule has 2 aliphatic rings. The number of ether oxygens (including phenoxy) is 1. The van der Waals surface area contributed by atoms with Gasteiger partial charge in [-0.15, -0.1) is 4.00 Å². The van der Waals surface area contributed by atoms with E-state index in [2.05, 4.69) is 21.4 Å². The van der Waals surface area contributed by atoms with E-state index in [0.29, 0.717) is 17.3 Å². The topological polar surface area (TPSA) is 130 Å². The van der Waals surface area contributed by atoms with E-state index in [1.54, 1.807) is 12.1 Å². The molecule has 0 radical (unpaired) electrons. The Kier molecular flexibility index (Phi) is 6.64. The maximum atomic E-state index is 13.6. The number of amides is 1. The third-order valence-corrected chi connectivity index (χ3v) is 9.45. The molecule has 0 spiro atoms. The van der Waals surface area contributed by atoms with Crippen LogP contribution in [-0.2, 0) is 29.6 Å². The van der Waals surface area contributed by atoms with Crippen molar-refractivity contribution >= 4 is 41.9 Å². The summed E-state index contributed by atoms with van der Waals surface area (Å²) in [5.74, 6) is -3.07. The van der Waals surface area contributed by atoms with Crippen LogP contribution in [0.15, 0.2) is 33.6 Å². The second-order valence-corrected chi connectivity index (χ2v) is 12.5. The molecule has 2 heterocycles. The number of carbonyl (C=O) groups is 1. The van der Waals surface area contributed by atoms with Crippen molar-refractivity contribution < 1.29 is 35.5 Å². The molecule has 0 aromatic heterocycles. The summed E-state index contributed by atoms with van der Waals surface area (Å²) in [6, 6.07) is 5.94. The van der Waals surface area contributed by atoms with E-state index in [0.717, 1.165) is 6.26 Å². The van der Waals surface area contributed by atoms with Crippen LogP contribution >= 0.6 is 15.9 Å². The lowest BCUT2D eigenvalue weighted by atomic mass is 10.1. The van der Waals surface area contributed by atoms with Crippen LogP contribution in [0.2, 0.25) is 0 Å². The van der Waals surface area contributed by atoms with Crippen molar-refractivity contribution in [3.05, 3.63) is 28.7 Å². The zero-order chi connectivity index (χ0) is 22.2. The fraction of sp³-hybridized carbons (Fsp3) is 0.588. The summed E-state index contributed by atoms with van der Waals surface area (Å²) in [7, 11) is -7.69. The van der Waals surface area contributed by atoms with Gasteiger partial charge in [-0.05, 0) is 37.1 Å². The molecule has 0 saturated carbocycles. The number of nitrogens with zero attached hydrogens (tertiary/aromatic N) is 2. The van der Waals surface area contributed by atoms with Gasteiger partial charge in [0.25, 0.3) is 5.79 Å². The Labute approximate surface area is 184 Å². The van der Waals surface area contributed by atoms with Crippen LogP contribution in [0.1, 0.15) is 19.3 Å². The monoisotopic (exact) mass is 526 g/mol. The zero-order valence-corrected chi connectivity index (χ0v) is 19.7. The third-order valence-electron chi connectivity index (χ3n) is 5.37. The van der Waals surface area contributed by atoms with Crippen LogP contribution in [0.4, 0.5) is 0 Å². The Morgan fingerprint density at radius 3 is 2.27 bits per heavy atom. The molecule has 168 valence electrons. The van der Waals surface area contributed by atoms with E-state index in [1.165, 1.54) is 16.4 Å². The highest BCUT2D eigenvalue weighted by Crippen LogP contribution is 2.29. The molecule has 3 rings (SSSR count). The van der Waals surface area contributed by atoms with Crippen molar-refractivity contribution in [2.75, 3.05) is 39.0 Å². The summed E-state index contributed by atoms with van der Waals surface area (Å²) in [4.78, 5) is 12.9. The molecule has 1 amide bonds. The van der Waals surface area contributed by atoms with E-state index in [1.807, 2.05) is 0 Å². The number of hydrogen-bond donors (Lipinski definition) is 2. The quantitative estimate of drug-likeness (QED) is 0.522. The van der Waals surface area contributed by atoms with Crippen molar-refractivity contribution in [1.82, 2.24) is 9.73 Å².